The average molecular weight is 482 g/mol. The van der Waals surface area contributed by atoms with Crippen molar-refractivity contribution in [2.75, 3.05) is 19.2 Å². The zero-order valence-corrected chi connectivity index (χ0v) is 20.4. The van der Waals surface area contributed by atoms with Gasteiger partial charge in [0.25, 0.3) is 5.91 Å². The Hall–Kier alpha value is -4.23. The summed E-state index contributed by atoms with van der Waals surface area (Å²) in [6, 6.07) is 23.4. The highest BCUT2D eigenvalue weighted by molar-refractivity contribution is 7.14. The number of benzene rings is 3. The average Bonchev–Trinajstić information content (AvgIpc) is 3.50. The van der Waals surface area contributed by atoms with Crippen LogP contribution in [0.1, 0.15) is 16.7 Å². The van der Waals surface area contributed by atoms with Crippen molar-refractivity contribution < 1.29 is 14.3 Å². The zero-order chi connectivity index (χ0) is 24.4. The summed E-state index contributed by atoms with van der Waals surface area (Å²) in [5, 5.41) is 8.56. The lowest BCUT2D eigenvalue weighted by molar-refractivity contribution is -0.114. The summed E-state index contributed by atoms with van der Waals surface area (Å²) in [5.41, 5.74) is 5.72. The number of carbonyl (C=O) groups is 1. The number of methoxy groups -OCH3 is 2. The minimum Gasteiger partial charge on any atom is -0.493 e. The molecule has 0 aliphatic carbocycles. The fourth-order valence-electron chi connectivity index (χ4n) is 3.81. The normalized spacial score (nSPS) is 14.4. The van der Waals surface area contributed by atoms with Crippen LogP contribution in [0.5, 0.6) is 11.5 Å². The Morgan fingerprint density at radius 2 is 1.63 bits per heavy atom. The van der Waals surface area contributed by atoms with E-state index in [1.54, 1.807) is 14.2 Å². The Bertz CT molecular complexity index is 1440. The molecule has 2 heterocycles. The van der Waals surface area contributed by atoms with E-state index in [4.69, 9.17) is 19.6 Å². The van der Waals surface area contributed by atoms with Crippen LogP contribution in [0.3, 0.4) is 0 Å². The van der Waals surface area contributed by atoms with Gasteiger partial charge in [0.05, 0.1) is 25.5 Å². The van der Waals surface area contributed by atoms with Crippen molar-refractivity contribution in [3.05, 3.63) is 100 Å². The zero-order valence-electron chi connectivity index (χ0n) is 19.6. The summed E-state index contributed by atoms with van der Waals surface area (Å²) < 4.78 is 10.8. The number of nitrogens with zero attached hydrogens (tertiary/aromatic N) is 3. The van der Waals surface area contributed by atoms with Gasteiger partial charge in [-0.05, 0) is 30.7 Å². The van der Waals surface area contributed by atoms with Gasteiger partial charge in [0.1, 0.15) is 5.71 Å². The molecule has 0 atom stereocenters. The lowest BCUT2D eigenvalue weighted by atomic mass is 10.00. The Labute approximate surface area is 207 Å². The quantitative estimate of drug-likeness (QED) is 0.318. The number of aryl methyl sites for hydroxylation is 1. The van der Waals surface area contributed by atoms with Gasteiger partial charge in [0.2, 0.25) is 5.13 Å². The Kier molecular flexibility index (Phi) is 6.16. The van der Waals surface area contributed by atoms with Crippen molar-refractivity contribution in [2.45, 2.75) is 6.92 Å². The number of hydrogen-bond acceptors (Lipinski definition) is 6. The van der Waals surface area contributed by atoms with Gasteiger partial charge >= 0.3 is 0 Å². The van der Waals surface area contributed by atoms with E-state index in [1.165, 1.54) is 21.9 Å². The van der Waals surface area contributed by atoms with Crippen molar-refractivity contribution >= 4 is 34.2 Å². The van der Waals surface area contributed by atoms with Gasteiger partial charge in [-0.15, -0.1) is 11.3 Å². The maximum absolute atomic E-state index is 13.6. The molecule has 3 aromatic carbocycles. The van der Waals surface area contributed by atoms with Gasteiger partial charge in [-0.2, -0.15) is 10.1 Å². The van der Waals surface area contributed by atoms with Crippen molar-refractivity contribution in [1.82, 2.24) is 4.98 Å². The van der Waals surface area contributed by atoms with E-state index in [0.717, 1.165) is 22.4 Å². The van der Waals surface area contributed by atoms with Crippen LogP contribution in [0.25, 0.3) is 17.3 Å². The topological polar surface area (TPSA) is 64.0 Å². The summed E-state index contributed by atoms with van der Waals surface area (Å²) in [7, 11) is 3.18. The van der Waals surface area contributed by atoms with Crippen LogP contribution in [0.4, 0.5) is 5.13 Å². The molecule has 1 aliphatic heterocycles. The molecule has 0 unspecified atom stereocenters. The standard InChI is InChI=1S/C28H23N3O3S/c1-18-9-12-20(13-10-18)23-17-35-28(29-23)31-27(32)22(26(30-31)21-7-5-4-6-8-21)15-19-11-14-24(33-2)25(16-19)34-3/h4-17H,1-3H3/b22-15-. The van der Waals surface area contributed by atoms with Crippen LogP contribution in [0.2, 0.25) is 0 Å². The second-order valence-corrected chi connectivity index (χ2v) is 8.82. The van der Waals surface area contributed by atoms with Crippen molar-refractivity contribution in [1.29, 1.82) is 0 Å². The molecule has 6 nitrogen and oxygen atoms in total. The summed E-state index contributed by atoms with van der Waals surface area (Å²) in [5.74, 6) is 0.978. The number of hydrogen-bond donors (Lipinski definition) is 0. The molecule has 1 amide bonds. The molecule has 1 aliphatic rings. The van der Waals surface area contributed by atoms with E-state index in [2.05, 4.69) is 0 Å². The maximum atomic E-state index is 13.6. The van der Waals surface area contributed by atoms with Crippen LogP contribution in [0.15, 0.2) is 88.9 Å². The molecule has 0 saturated heterocycles. The van der Waals surface area contributed by atoms with Gasteiger partial charge in [0, 0.05) is 16.5 Å². The molecule has 35 heavy (non-hydrogen) atoms. The summed E-state index contributed by atoms with van der Waals surface area (Å²) >= 11 is 1.39. The van der Waals surface area contributed by atoms with E-state index in [0.29, 0.717) is 27.9 Å². The summed E-state index contributed by atoms with van der Waals surface area (Å²) in [6.45, 7) is 2.05. The minimum atomic E-state index is -0.233. The largest absolute Gasteiger partial charge is 0.493 e. The first-order valence-corrected chi connectivity index (χ1v) is 11.9. The lowest BCUT2D eigenvalue weighted by Crippen LogP contribution is -2.21. The number of hydrazone groups is 1. The molecule has 0 saturated carbocycles. The fraction of sp³-hybridized carbons (Fsp3) is 0.107. The third kappa shape index (κ3) is 4.46. The molecular weight excluding hydrogens is 458 g/mol. The second kappa shape index (κ2) is 9.56. The van der Waals surface area contributed by atoms with Crippen molar-refractivity contribution in [2.24, 2.45) is 5.10 Å². The van der Waals surface area contributed by atoms with Crippen LogP contribution in [-0.4, -0.2) is 30.8 Å². The van der Waals surface area contributed by atoms with Crippen molar-refractivity contribution in [3.8, 4) is 22.8 Å². The third-order valence-electron chi connectivity index (χ3n) is 5.66. The number of carbonyl (C=O) groups excluding carboxylic acids is 1. The Morgan fingerprint density at radius 1 is 0.886 bits per heavy atom. The maximum Gasteiger partial charge on any atom is 0.283 e. The Morgan fingerprint density at radius 3 is 2.34 bits per heavy atom. The number of amides is 1. The third-order valence-corrected chi connectivity index (χ3v) is 6.48. The predicted molar refractivity (Wildman–Crippen MR) is 140 cm³/mol. The van der Waals surface area contributed by atoms with Crippen LogP contribution in [-0.2, 0) is 4.79 Å². The highest BCUT2D eigenvalue weighted by atomic mass is 32.1. The van der Waals surface area contributed by atoms with Gasteiger partial charge in [-0.25, -0.2) is 4.98 Å². The van der Waals surface area contributed by atoms with E-state index in [-0.39, 0.29) is 5.91 Å². The minimum absolute atomic E-state index is 0.233. The van der Waals surface area contributed by atoms with Gasteiger partial charge in [-0.1, -0.05) is 66.2 Å². The summed E-state index contributed by atoms with van der Waals surface area (Å²) in [6.07, 6.45) is 1.82. The van der Waals surface area contributed by atoms with Crippen LogP contribution < -0.4 is 14.5 Å². The number of aromatic nitrogens is 1. The van der Waals surface area contributed by atoms with E-state index >= 15 is 0 Å². The number of ether oxygens (including phenoxy) is 2. The molecule has 5 rings (SSSR count). The van der Waals surface area contributed by atoms with Crippen LogP contribution in [0, 0.1) is 6.92 Å². The predicted octanol–water partition coefficient (Wildman–Crippen LogP) is 5.97. The first-order chi connectivity index (χ1) is 17.1. The van der Waals surface area contributed by atoms with Gasteiger partial charge in [-0.3, -0.25) is 4.79 Å². The monoisotopic (exact) mass is 481 g/mol. The molecule has 0 N–H and O–H groups in total. The number of rotatable bonds is 6. The molecular formula is C28H23N3O3S. The van der Waals surface area contributed by atoms with Crippen molar-refractivity contribution in [3.63, 3.8) is 0 Å². The lowest BCUT2D eigenvalue weighted by Gasteiger charge is -2.09. The SMILES string of the molecule is COc1ccc(/C=C2\C(=O)N(c3nc(-c4ccc(C)cc4)cs3)N=C2c2ccccc2)cc1OC. The molecule has 1 aromatic heterocycles. The Balaban J connectivity index is 1.55. The van der Waals surface area contributed by atoms with E-state index < -0.39 is 0 Å². The second-order valence-electron chi connectivity index (χ2n) is 7.99. The molecule has 4 aromatic rings. The molecule has 174 valence electrons. The highest BCUT2D eigenvalue weighted by Gasteiger charge is 2.33. The van der Waals surface area contributed by atoms with E-state index in [9.17, 15) is 4.79 Å². The fourth-order valence-corrected chi connectivity index (χ4v) is 4.59. The highest BCUT2D eigenvalue weighted by Crippen LogP contribution is 2.34. The first-order valence-electron chi connectivity index (χ1n) is 11.0. The van der Waals surface area contributed by atoms with Gasteiger partial charge < -0.3 is 9.47 Å². The molecule has 0 fully saturated rings. The smallest absolute Gasteiger partial charge is 0.283 e. The van der Waals surface area contributed by atoms with E-state index in [1.807, 2.05) is 91.2 Å². The molecule has 0 bridgehead atoms. The number of thiazole rings is 1. The van der Waals surface area contributed by atoms with Gasteiger partial charge in [0.15, 0.2) is 11.5 Å². The molecule has 0 radical (unpaired) electrons. The number of anilines is 1. The first kappa shape index (κ1) is 22.6. The summed E-state index contributed by atoms with van der Waals surface area (Å²) in [4.78, 5) is 18.3. The van der Waals surface area contributed by atoms with Crippen LogP contribution >= 0.6 is 11.3 Å². The molecule has 0 spiro atoms. The molecule has 7 heteroatoms.